The summed E-state index contributed by atoms with van der Waals surface area (Å²) >= 11 is 0. The molecule has 0 aliphatic heterocycles. The molecule has 0 aliphatic carbocycles. The topological polar surface area (TPSA) is 456 Å². The number of aliphatic hydroxyl groups is 3. The number of H-pyrrole nitrogens is 1. The second-order valence-electron chi connectivity index (χ2n) is 13.2. The van der Waals surface area contributed by atoms with Crippen LogP contribution in [0.15, 0.2) is 22.5 Å². The third kappa shape index (κ3) is 18.2. The predicted molar refractivity (Wildman–Crippen MR) is 205 cm³/mol. The summed E-state index contributed by atoms with van der Waals surface area (Å²) in [4.78, 5) is 105. The second-order valence-corrected chi connectivity index (χ2v) is 13.2. The fourth-order valence-electron chi connectivity index (χ4n) is 4.96. The number of aliphatic carboxylic acids is 1. The summed E-state index contributed by atoms with van der Waals surface area (Å²) in [7, 11) is 0. The van der Waals surface area contributed by atoms with Crippen molar-refractivity contribution in [1.29, 1.82) is 0 Å². The van der Waals surface area contributed by atoms with Crippen molar-refractivity contribution in [2.75, 3.05) is 19.7 Å². The number of aliphatic imine (C=N–C) groups is 2. The van der Waals surface area contributed by atoms with Crippen LogP contribution in [0.2, 0.25) is 0 Å². The van der Waals surface area contributed by atoms with Gasteiger partial charge in [0.25, 0.3) is 0 Å². The van der Waals surface area contributed by atoms with Crippen LogP contribution in [0.4, 0.5) is 0 Å². The number of aliphatic hydroxyl groups excluding tert-OH is 3. The molecule has 1 rings (SSSR count). The summed E-state index contributed by atoms with van der Waals surface area (Å²) in [6.45, 7) is 2.79. The summed E-state index contributed by atoms with van der Waals surface area (Å²) in [6, 6.07) is -10.5. The van der Waals surface area contributed by atoms with Crippen molar-refractivity contribution in [2.45, 2.75) is 107 Å². The number of amides is 6. The standard InChI is InChI=1S/C32H57N15O11/c1-14(42-25(52)18(33)6-4-8-39-31(34)35)24(51)45-21(12-48)28(55)46-22(15(2)49)29(56)43-19(7-5-9-40-32(36)37)26(53)44-20(10-17-11-38-13-41-17)27(54)47-23(16(3)50)30(57)58/h11,13-16,18-23,48-50H,4-10,12,33H2,1-3H3,(H,38,41)(H,42,52)(H,43,56)(H,44,53)(H,45,51)(H,46,55)(H,47,54)(H,57,58)(H4,34,35,39)(H4,36,37,40)/t14-,15+,16+,18-,19-,20-,21-,22-,23-/m0/s1. The highest BCUT2D eigenvalue weighted by molar-refractivity contribution is 5.97. The lowest BCUT2D eigenvalue weighted by Gasteiger charge is -2.28. The van der Waals surface area contributed by atoms with E-state index in [-0.39, 0.29) is 50.7 Å². The van der Waals surface area contributed by atoms with Crippen LogP contribution in [0.1, 0.15) is 52.1 Å². The van der Waals surface area contributed by atoms with Crippen LogP contribution >= 0.6 is 0 Å². The first kappa shape index (κ1) is 49.9. The zero-order chi connectivity index (χ0) is 44.1. The van der Waals surface area contributed by atoms with Gasteiger partial charge < -0.3 is 86.0 Å². The Bertz CT molecular complexity index is 1580. The molecule has 0 aromatic carbocycles. The Kier molecular flexibility index (Phi) is 21.7. The van der Waals surface area contributed by atoms with Gasteiger partial charge in [-0.2, -0.15) is 0 Å². The molecular formula is C32H57N15O11. The molecule has 1 heterocycles. The average Bonchev–Trinajstić information content (AvgIpc) is 3.66. The van der Waals surface area contributed by atoms with Crippen molar-refractivity contribution >= 4 is 53.3 Å². The van der Waals surface area contributed by atoms with E-state index in [0.29, 0.717) is 12.1 Å². The van der Waals surface area contributed by atoms with Gasteiger partial charge in [0.05, 0.1) is 31.2 Å². The van der Waals surface area contributed by atoms with Gasteiger partial charge in [0, 0.05) is 31.4 Å². The van der Waals surface area contributed by atoms with Crippen molar-refractivity contribution in [3.8, 4) is 0 Å². The summed E-state index contributed by atoms with van der Waals surface area (Å²) in [6.07, 6.45) is -0.291. The molecule has 9 atom stereocenters. The SMILES string of the molecule is C[C@H](NC(=O)[C@@H](N)CCCN=C(N)N)C(=O)N[C@@H](CO)C(=O)N[C@H](C(=O)N[C@@H](CCCN=C(N)N)C(=O)N[C@@H](Cc1cnc[nH]1)C(=O)N[C@H](C(=O)O)[C@@H](C)O)[C@@H](C)O. The van der Waals surface area contributed by atoms with Crippen molar-refractivity contribution in [3.63, 3.8) is 0 Å². The first-order valence-corrected chi connectivity index (χ1v) is 18.0. The van der Waals surface area contributed by atoms with E-state index in [0.717, 1.165) is 13.8 Å². The van der Waals surface area contributed by atoms with Gasteiger partial charge in [0.15, 0.2) is 18.0 Å². The summed E-state index contributed by atoms with van der Waals surface area (Å²) in [5.74, 6) is -7.78. The highest BCUT2D eigenvalue weighted by atomic mass is 16.4. The van der Waals surface area contributed by atoms with Gasteiger partial charge in [0.1, 0.15) is 30.2 Å². The third-order valence-electron chi connectivity index (χ3n) is 8.17. The number of aromatic nitrogens is 2. The van der Waals surface area contributed by atoms with Crippen LogP contribution in [-0.2, 0) is 40.0 Å². The van der Waals surface area contributed by atoms with E-state index in [1.54, 1.807) is 0 Å². The first-order valence-electron chi connectivity index (χ1n) is 18.0. The monoisotopic (exact) mass is 827 g/mol. The largest absolute Gasteiger partial charge is 0.480 e. The molecule has 26 heteroatoms. The summed E-state index contributed by atoms with van der Waals surface area (Å²) in [5.41, 5.74) is 27.5. The molecule has 1 aromatic rings. The van der Waals surface area contributed by atoms with Crippen LogP contribution in [0.5, 0.6) is 0 Å². The molecule has 0 bridgehead atoms. The third-order valence-corrected chi connectivity index (χ3v) is 8.17. The molecule has 0 spiro atoms. The Morgan fingerprint density at radius 2 is 1.19 bits per heavy atom. The Balaban J connectivity index is 3.16. The van der Waals surface area contributed by atoms with E-state index >= 15 is 0 Å². The number of nitrogens with two attached hydrogens (primary N) is 5. The number of rotatable bonds is 26. The van der Waals surface area contributed by atoms with Crippen molar-refractivity contribution in [1.82, 2.24) is 41.9 Å². The van der Waals surface area contributed by atoms with Gasteiger partial charge in [-0.1, -0.05) is 0 Å². The quantitative estimate of drug-likeness (QED) is 0.0234. The lowest BCUT2D eigenvalue weighted by molar-refractivity contribution is -0.145. The molecule has 26 nitrogen and oxygen atoms in total. The lowest BCUT2D eigenvalue weighted by atomic mass is 10.1. The predicted octanol–water partition coefficient (Wildman–Crippen LogP) is -7.85. The molecular weight excluding hydrogens is 770 g/mol. The molecule has 21 N–H and O–H groups in total. The number of nitrogens with one attached hydrogen (secondary N) is 7. The van der Waals surface area contributed by atoms with E-state index in [4.69, 9.17) is 28.7 Å². The molecule has 0 aliphatic rings. The van der Waals surface area contributed by atoms with Gasteiger partial charge in [-0.3, -0.25) is 38.8 Å². The summed E-state index contributed by atoms with van der Waals surface area (Å²) in [5, 5.41) is 53.6. The number of carbonyl (C=O) groups is 7. The molecule has 1 aromatic heterocycles. The number of carboxylic acids is 1. The molecule has 0 saturated carbocycles. The minimum Gasteiger partial charge on any atom is -0.480 e. The number of imidazole rings is 1. The molecule has 58 heavy (non-hydrogen) atoms. The number of hydrogen-bond acceptors (Lipinski definition) is 14. The highest BCUT2D eigenvalue weighted by Gasteiger charge is 2.35. The van der Waals surface area contributed by atoms with Gasteiger partial charge in [-0.15, -0.1) is 0 Å². The van der Waals surface area contributed by atoms with E-state index in [9.17, 15) is 54.0 Å². The first-order chi connectivity index (χ1) is 27.2. The maximum atomic E-state index is 13.7. The molecule has 6 amide bonds. The van der Waals surface area contributed by atoms with Gasteiger partial charge in [-0.05, 0) is 46.5 Å². The van der Waals surface area contributed by atoms with Crippen LogP contribution in [0.3, 0.4) is 0 Å². The Morgan fingerprint density at radius 3 is 1.69 bits per heavy atom. The van der Waals surface area contributed by atoms with Gasteiger partial charge in [0.2, 0.25) is 35.4 Å². The Hall–Kier alpha value is -6.12. The maximum absolute atomic E-state index is 13.7. The highest BCUT2D eigenvalue weighted by Crippen LogP contribution is 2.07. The molecule has 326 valence electrons. The molecule has 0 radical (unpaired) electrons. The number of carboxylic acid groups (broad SMARTS) is 1. The molecule has 0 unspecified atom stereocenters. The van der Waals surface area contributed by atoms with E-state index in [1.807, 2.05) is 0 Å². The van der Waals surface area contributed by atoms with Crippen LogP contribution in [-0.4, -0.2) is 158 Å². The average molecular weight is 828 g/mol. The fraction of sp³-hybridized carbons (Fsp3) is 0.625. The van der Waals surface area contributed by atoms with Crippen molar-refractivity contribution in [2.24, 2.45) is 38.7 Å². The zero-order valence-corrected chi connectivity index (χ0v) is 32.4. The van der Waals surface area contributed by atoms with E-state index in [1.165, 1.54) is 19.4 Å². The zero-order valence-electron chi connectivity index (χ0n) is 32.4. The number of aromatic amines is 1. The Morgan fingerprint density at radius 1 is 0.690 bits per heavy atom. The smallest absolute Gasteiger partial charge is 0.328 e. The minimum atomic E-state index is -1.79. The lowest BCUT2D eigenvalue weighted by Crippen LogP contribution is -2.62. The minimum absolute atomic E-state index is 0.00654. The number of carbonyl (C=O) groups excluding carboxylic acids is 6. The number of nitrogens with zero attached hydrogens (tertiary/aromatic N) is 3. The van der Waals surface area contributed by atoms with E-state index in [2.05, 4.69) is 51.9 Å². The van der Waals surface area contributed by atoms with Gasteiger partial charge >= 0.3 is 5.97 Å². The fourth-order valence-corrected chi connectivity index (χ4v) is 4.96. The molecule has 0 fully saturated rings. The van der Waals surface area contributed by atoms with E-state index < -0.39 is 103 Å². The number of guanidine groups is 2. The Labute approximate surface area is 333 Å². The van der Waals surface area contributed by atoms with Crippen LogP contribution in [0, 0.1) is 0 Å². The van der Waals surface area contributed by atoms with Gasteiger partial charge in [-0.25, -0.2) is 9.78 Å². The van der Waals surface area contributed by atoms with Crippen molar-refractivity contribution < 1.29 is 54.0 Å². The van der Waals surface area contributed by atoms with Crippen LogP contribution < -0.4 is 60.6 Å². The molecule has 0 saturated heterocycles. The van der Waals surface area contributed by atoms with Crippen molar-refractivity contribution in [3.05, 3.63) is 18.2 Å². The number of hydrogen-bond donors (Lipinski definition) is 16. The van der Waals surface area contributed by atoms with Crippen LogP contribution in [0.25, 0.3) is 0 Å². The second kappa shape index (κ2) is 25.2. The summed E-state index contributed by atoms with van der Waals surface area (Å²) < 4.78 is 0. The maximum Gasteiger partial charge on any atom is 0.328 e. The normalized spacial score (nSPS) is 15.6.